The van der Waals surface area contributed by atoms with E-state index in [9.17, 15) is 19.2 Å². The van der Waals surface area contributed by atoms with Gasteiger partial charge in [0.2, 0.25) is 0 Å². The maximum Gasteiger partial charge on any atom is 0.344 e. The molecule has 0 aromatic carbocycles. The molecule has 0 saturated heterocycles. The molecule has 0 bridgehead atoms. The van der Waals surface area contributed by atoms with E-state index < -0.39 is 23.9 Å². The molecule has 0 aliphatic carbocycles. The first-order chi connectivity index (χ1) is 19.8. The van der Waals surface area contributed by atoms with Crippen LogP contribution < -0.4 is 0 Å². The van der Waals surface area contributed by atoms with Gasteiger partial charge in [0.1, 0.15) is 11.1 Å². The molecule has 0 radical (unpaired) electrons. The third-order valence-electron chi connectivity index (χ3n) is 6.36. The van der Waals surface area contributed by atoms with Crippen LogP contribution in [0.15, 0.2) is 24.3 Å². The molecule has 0 amide bonds. The zero-order valence-corrected chi connectivity index (χ0v) is 26.5. The van der Waals surface area contributed by atoms with Crippen LogP contribution in [0.5, 0.6) is 0 Å². The van der Waals surface area contributed by atoms with E-state index in [2.05, 4.69) is 38.7 Å². The first-order valence-corrected chi connectivity index (χ1v) is 15.7. The standard InChI is InChI=1S/C20H36O4.C13H22O4/c1-4-6-8-10-12-14-16-23-19(21)18(3)20(22)24-17-15-13-11-9-7-5-2;1-4-5-6-7-8-9-10-17-13(15)11(2)12(14)16-3/h3-17H2,1-2H3;2,4-10H2,1,3H3. The zero-order chi connectivity index (χ0) is 31.1. The van der Waals surface area contributed by atoms with Crippen LogP contribution in [0.1, 0.15) is 136 Å². The minimum absolute atomic E-state index is 0.202. The molecule has 0 aromatic rings. The molecule has 0 atom stereocenters. The molecule has 0 saturated carbocycles. The van der Waals surface area contributed by atoms with Crippen LogP contribution in [-0.4, -0.2) is 50.8 Å². The summed E-state index contributed by atoms with van der Waals surface area (Å²) in [5.41, 5.74) is -0.453. The van der Waals surface area contributed by atoms with Crippen molar-refractivity contribution >= 4 is 23.9 Å². The van der Waals surface area contributed by atoms with Crippen LogP contribution in [0.4, 0.5) is 0 Å². The number of hydrogen-bond donors (Lipinski definition) is 0. The largest absolute Gasteiger partial charge is 0.465 e. The van der Waals surface area contributed by atoms with E-state index in [1.54, 1.807) is 0 Å². The number of methoxy groups -OCH3 is 1. The lowest BCUT2D eigenvalue weighted by Gasteiger charge is -2.08. The second-order valence-electron chi connectivity index (χ2n) is 10.2. The lowest BCUT2D eigenvalue weighted by atomic mass is 10.1. The smallest absolute Gasteiger partial charge is 0.344 e. The van der Waals surface area contributed by atoms with Gasteiger partial charge in [-0.25, -0.2) is 19.2 Å². The van der Waals surface area contributed by atoms with Crippen molar-refractivity contribution in [1.82, 2.24) is 0 Å². The molecule has 8 nitrogen and oxygen atoms in total. The van der Waals surface area contributed by atoms with Crippen LogP contribution in [-0.2, 0) is 38.1 Å². The summed E-state index contributed by atoms with van der Waals surface area (Å²) in [7, 11) is 1.20. The van der Waals surface area contributed by atoms with Gasteiger partial charge in [0.25, 0.3) is 0 Å². The molecule has 0 aliphatic rings. The molecule has 0 aromatic heterocycles. The van der Waals surface area contributed by atoms with Crippen LogP contribution >= 0.6 is 0 Å². The van der Waals surface area contributed by atoms with Crippen LogP contribution in [0, 0.1) is 0 Å². The molecule has 8 heteroatoms. The summed E-state index contributed by atoms with van der Waals surface area (Å²) in [6.45, 7) is 14.3. The lowest BCUT2D eigenvalue weighted by molar-refractivity contribution is -0.148. The molecule has 0 aliphatic heterocycles. The van der Waals surface area contributed by atoms with Crippen molar-refractivity contribution in [3.63, 3.8) is 0 Å². The van der Waals surface area contributed by atoms with Crippen LogP contribution in [0.25, 0.3) is 0 Å². The highest BCUT2D eigenvalue weighted by atomic mass is 16.6. The van der Waals surface area contributed by atoms with E-state index in [1.807, 2.05) is 0 Å². The number of unbranched alkanes of at least 4 members (excludes halogenated alkanes) is 15. The van der Waals surface area contributed by atoms with Crippen molar-refractivity contribution in [1.29, 1.82) is 0 Å². The Morgan fingerprint density at radius 3 is 0.927 bits per heavy atom. The molecule has 0 N–H and O–H groups in total. The molecule has 0 unspecified atom stereocenters. The quantitative estimate of drug-likeness (QED) is 0.0266. The van der Waals surface area contributed by atoms with E-state index in [-0.39, 0.29) is 11.1 Å². The van der Waals surface area contributed by atoms with Crippen molar-refractivity contribution in [2.45, 2.75) is 136 Å². The van der Waals surface area contributed by atoms with E-state index in [0.29, 0.717) is 19.8 Å². The highest BCUT2D eigenvalue weighted by Crippen LogP contribution is 2.08. The average molecular weight is 583 g/mol. The SMILES string of the molecule is C=C(C(=O)OC)C(=O)OCCCCCCCC.C=C(C(=O)OCCCCCCCC)C(=O)OCCCCCCCC. The zero-order valence-electron chi connectivity index (χ0n) is 26.5. The van der Waals surface area contributed by atoms with Crippen molar-refractivity contribution in [3.8, 4) is 0 Å². The van der Waals surface area contributed by atoms with Gasteiger partial charge in [0, 0.05) is 0 Å². The fourth-order valence-electron chi connectivity index (χ4n) is 3.69. The van der Waals surface area contributed by atoms with Crippen molar-refractivity contribution < 1.29 is 38.1 Å². The minimum atomic E-state index is -0.738. The van der Waals surface area contributed by atoms with Gasteiger partial charge in [-0.2, -0.15) is 0 Å². The highest BCUT2D eigenvalue weighted by Gasteiger charge is 2.18. The van der Waals surface area contributed by atoms with Gasteiger partial charge >= 0.3 is 23.9 Å². The predicted octanol–water partition coefficient (Wildman–Crippen LogP) is 7.97. The summed E-state index contributed by atoms with van der Waals surface area (Å²) in [5, 5.41) is 0. The summed E-state index contributed by atoms with van der Waals surface area (Å²) in [6, 6.07) is 0. The summed E-state index contributed by atoms with van der Waals surface area (Å²) in [5.74, 6) is -2.74. The van der Waals surface area contributed by atoms with E-state index in [4.69, 9.17) is 14.2 Å². The van der Waals surface area contributed by atoms with Gasteiger partial charge in [-0.1, -0.05) is 130 Å². The highest BCUT2D eigenvalue weighted by molar-refractivity contribution is 6.13. The van der Waals surface area contributed by atoms with Gasteiger partial charge in [0.05, 0.1) is 26.9 Å². The van der Waals surface area contributed by atoms with Crippen LogP contribution in [0.3, 0.4) is 0 Å². The molecule has 0 heterocycles. The molecule has 0 rings (SSSR count). The maximum atomic E-state index is 11.7. The Morgan fingerprint density at radius 2 is 0.659 bits per heavy atom. The molecule has 41 heavy (non-hydrogen) atoms. The third kappa shape index (κ3) is 26.0. The molecule has 0 fully saturated rings. The van der Waals surface area contributed by atoms with Gasteiger partial charge < -0.3 is 18.9 Å². The lowest BCUT2D eigenvalue weighted by Crippen LogP contribution is -2.18. The Balaban J connectivity index is 0. The van der Waals surface area contributed by atoms with Gasteiger partial charge in [0.15, 0.2) is 0 Å². The normalized spacial score (nSPS) is 10.1. The number of carbonyl (C=O) groups excluding carboxylic acids is 4. The topological polar surface area (TPSA) is 105 Å². The number of hydrogen-bond acceptors (Lipinski definition) is 8. The Bertz CT molecular complexity index is 697. The van der Waals surface area contributed by atoms with E-state index in [0.717, 1.165) is 57.8 Å². The molecule has 238 valence electrons. The van der Waals surface area contributed by atoms with Crippen molar-refractivity contribution in [2.24, 2.45) is 0 Å². The monoisotopic (exact) mass is 582 g/mol. The van der Waals surface area contributed by atoms with E-state index >= 15 is 0 Å². The molecular formula is C33H58O8. The Morgan fingerprint density at radius 1 is 0.415 bits per heavy atom. The van der Waals surface area contributed by atoms with Crippen molar-refractivity contribution in [3.05, 3.63) is 24.3 Å². The number of ether oxygens (including phenoxy) is 4. The number of rotatable bonds is 25. The fourth-order valence-corrected chi connectivity index (χ4v) is 3.69. The predicted molar refractivity (Wildman–Crippen MR) is 163 cm³/mol. The first-order valence-electron chi connectivity index (χ1n) is 15.7. The Hall–Kier alpha value is -2.64. The van der Waals surface area contributed by atoms with Gasteiger partial charge in [-0.15, -0.1) is 0 Å². The number of carbonyl (C=O) groups is 4. The van der Waals surface area contributed by atoms with Gasteiger partial charge in [-0.05, 0) is 19.3 Å². The second kappa shape index (κ2) is 30.3. The first kappa shape index (κ1) is 40.5. The Kier molecular flexibility index (Phi) is 30.0. The fraction of sp³-hybridized carbons (Fsp3) is 0.758. The maximum absolute atomic E-state index is 11.7. The van der Waals surface area contributed by atoms with Gasteiger partial charge in [-0.3, -0.25) is 0 Å². The third-order valence-corrected chi connectivity index (χ3v) is 6.36. The average Bonchev–Trinajstić information content (AvgIpc) is 2.98. The number of esters is 4. The second-order valence-corrected chi connectivity index (χ2v) is 10.2. The van der Waals surface area contributed by atoms with E-state index in [1.165, 1.54) is 64.9 Å². The Labute approximate surface area is 249 Å². The summed E-state index contributed by atoms with van der Waals surface area (Å²) >= 11 is 0. The summed E-state index contributed by atoms with van der Waals surface area (Å²) < 4.78 is 19.4. The van der Waals surface area contributed by atoms with Crippen molar-refractivity contribution in [2.75, 3.05) is 26.9 Å². The summed E-state index contributed by atoms with van der Waals surface area (Å²) in [4.78, 5) is 45.6. The molecule has 0 spiro atoms. The molecular weight excluding hydrogens is 524 g/mol. The summed E-state index contributed by atoms with van der Waals surface area (Å²) in [6.07, 6.45) is 20.2. The minimum Gasteiger partial charge on any atom is -0.465 e. The van der Waals surface area contributed by atoms with Crippen LogP contribution in [0.2, 0.25) is 0 Å².